The van der Waals surface area contributed by atoms with Crippen molar-refractivity contribution in [2.24, 2.45) is 17.8 Å². The van der Waals surface area contributed by atoms with E-state index in [1.807, 2.05) is 0 Å². The Balaban J connectivity index is 2.07. The fourth-order valence-corrected chi connectivity index (χ4v) is 7.77. The van der Waals surface area contributed by atoms with Gasteiger partial charge in [-0.15, -0.1) is 0 Å². The molecule has 0 spiro atoms. The molecule has 4 rings (SSSR count). The van der Waals surface area contributed by atoms with Crippen molar-refractivity contribution in [2.45, 2.75) is 120 Å². The van der Waals surface area contributed by atoms with Crippen LogP contribution >= 0.6 is 0 Å². The number of aromatic carboxylic acids is 3. The highest BCUT2D eigenvalue weighted by Crippen LogP contribution is 2.39. The fourth-order valence-electron chi connectivity index (χ4n) is 7.77. The van der Waals surface area contributed by atoms with Crippen LogP contribution in [0, 0.1) is 17.8 Å². The molecule has 0 aromatic heterocycles. The molecule has 0 aliphatic heterocycles. The van der Waals surface area contributed by atoms with Gasteiger partial charge in [-0.1, -0.05) is 62.3 Å². The third-order valence-corrected chi connectivity index (χ3v) is 11.1. The first-order chi connectivity index (χ1) is 28.6. The van der Waals surface area contributed by atoms with Crippen molar-refractivity contribution in [3.05, 3.63) is 121 Å². The predicted octanol–water partition coefficient (Wildman–Crippen LogP) is 11.5. The van der Waals surface area contributed by atoms with Gasteiger partial charge in [-0.05, 0) is 161 Å². The zero-order valence-electron chi connectivity index (χ0n) is 37.2. The average Bonchev–Trinajstić information content (AvgIpc) is 3.19. The number of benzene rings is 4. The van der Waals surface area contributed by atoms with Crippen LogP contribution in [0.3, 0.4) is 0 Å². The molecule has 4 aromatic rings. The van der Waals surface area contributed by atoms with Gasteiger partial charge in [-0.2, -0.15) is 0 Å². The zero-order valence-corrected chi connectivity index (χ0v) is 37.2. The Morgan fingerprint density at radius 3 is 0.883 bits per heavy atom. The van der Waals surface area contributed by atoms with Crippen LogP contribution in [0.25, 0.3) is 0 Å². The Kier molecular flexibility index (Phi) is 17.6. The molecule has 0 atom stereocenters. The summed E-state index contributed by atoms with van der Waals surface area (Å²) in [6.45, 7) is 20.7. The van der Waals surface area contributed by atoms with Gasteiger partial charge in [0.25, 0.3) is 0 Å². The number of carboxylic acids is 3. The highest BCUT2D eigenvalue weighted by atomic mass is 16.5. The van der Waals surface area contributed by atoms with Crippen molar-refractivity contribution in [1.29, 1.82) is 0 Å². The minimum absolute atomic E-state index is 0.172. The lowest BCUT2D eigenvalue weighted by atomic mass is 9.77. The number of hydrogen-bond donors (Lipinski definition) is 3. The molecule has 0 saturated heterocycles. The molecular weight excluding hydrogens is 757 g/mol. The van der Waals surface area contributed by atoms with E-state index in [1.54, 1.807) is 54.6 Å². The molecule has 324 valence electrons. The molecule has 4 aromatic carbocycles. The summed E-state index contributed by atoms with van der Waals surface area (Å²) in [7, 11) is 0. The second-order valence-corrected chi connectivity index (χ2v) is 16.9. The van der Waals surface area contributed by atoms with Crippen molar-refractivity contribution in [3.8, 4) is 17.2 Å². The minimum Gasteiger partial charge on any atom is -0.493 e. The van der Waals surface area contributed by atoms with E-state index in [0.717, 1.165) is 69.3 Å². The number of carbonyl (C=O) groups is 3. The predicted molar refractivity (Wildman–Crippen MR) is 238 cm³/mol. The van der Waals surface area contributed by atoms with Gasteiger partial charge in [0, 0.05) is 19.3 Å². The van der Waals surface area contributed by atoms with Crippen LogP contribution in [0.1, 0.15) is 163 Å². The molecule has 0 radical (unpaired) electrons. The van der Waals surface area contributed by atoms with Gasteiger partial charge in [0.15, 0.2) is 0 Å². The van der Waals surface area contributed by atoms with Gasteiger partial charge in [0.2, 0.25) is 0 Å². The Bertz CT molecular complexity index is 1850. The van der Waals surface area contributed by atoms with Gasteiger partial charge in [-0.3, -0.25) is 0 Å². The summed E-state index contributed by atoms with van der Waals surface area (Å²) >= 11 is 0. The van der Waals surface area contributed by atoms with Crippen LogP contribution in [0.15, 0.2) is 54.6 Å². The highest BCUT2D eigenvalue weighted by molar-refractivity contribution is 5.89. The second kappa shape index (κ2) is 22.3. The lowest BCUT2D eigenvalue weighted by molar-refractivity contribution is 0.0686. The summed E-state index contributed by atoms with van der Waals surface area (Å²) in [4.78, 5) is 37.1. The van der Waals surface area contributed by atoms with E-state index in [-0.39, 0.29) is 16.7 Å². The zero-order chi connectivity index (χ0) is 44.1. The topological polar surface area (TPSA) is 140 Å². The molecule has 0 bridgehead atoms. The smallest absolute Gasteiger partial charge is 0.335 e. The van der Waals surface area contributed by atoms with E-state index in [4.69, 9.17) is 14.2 Å². The first kappa shape index (κ1) is 47.4. The molecule has 0 amide bonds. The molecule has 3 N–H and O–H groups in total. The summed E-state index contributed by atoms with van der Waals surface area (Å²) in [6.07, 6.45) is 5.70. The maximum absolute atomic E-state index is 12.4. The quantitative estimate of drug-likeness (QED) is 0.0630. The van der Waals surface area contributed by atoms with Gasteiger partial charge in [0.1, 0.15) is 17.2 Å². The lowest BCUT2D eigenvalue weighted by Crippen LogP contribution is -2.16. The fraction of sp³-hybridized carbons (Fsp3) is 0.471. The molecule has 0 aliphatic carbocycles. The lowest BCUT2D eigenvalue weighted by Gasteiger charge is -2.28. The number of hydrogen-bond acceptors (Lipinski definition) is 6. The third kappa shape index (κ3) is 12.6. The first-order valence-electron chi connectivity index (χ1n) is 21.7. The van der Waals surface area contributed by atoms with Crippen molar-refractivity contribution in [1.82, 2.24) is 0 Å². The highest BCUT2D eigenvalue weighted by Gasteiger charge is 2.26. The maximum Gasteiger partial charge on any atom is 0.335 e. The van der Waals surface area contributed by atoms with E-state index >= 15 is 0 Å². The summed E-state index contributed by atoms with van der Waals surface area (Å²) < 4.78 is 19.1. The SMILES string of the molecule is CCc1c(Cc2cc(C(=O)O)ccc2OCCC(C)C)c(CC)c(Cc2cc(C(=O)O)ccc2OCCC(C)C)c(CC)c1Cc1cc(C(=O)O)ccc1OCCC(C)C. The summed E-state index contributed by atoms with van der Waals surface area (Å²) in [5, 5.41) is 30.3. The van der Waals surface area contributed by atoms with E-state index < -0.39 is 17.9 Å². The van der Waals surface area contributed by atoms with Gasteiger partial charge in [-0.25, -0.2) is 14.4 Å². The monoisotopic (exact) mass is 822 g/mol. The molecule has 0 fully saturated rings. The third-order valence-electron chi connectivity index (χ3n) is 11.1. The van der Waals surface area contributed by atoms with E-state index in [1.165, 1.54) is 0 Å². The summed E-state index contributed by atoms with van der Waals surface area (Å²) in [6, 6.07) is 15.2. The van der Waals surface area contributed by atoms with Crippen LogP contribution in [0.5, 0.6) is 17.2 Å². The Hall–Kier alpha value is -5.31. The number of rotatable bonds is 24. The van der Waals surface area contributed by atoms with Crippen LogP contribution < -0.4 is 14.2 Å². The molecule has 60 heavy (non-hydrogen) atoms. The minimum atomic E-state index is -1.02. The van der Waals surface area contributed by atoms with E-state index in [9.17, 15) is 29.7 Å². The second-order valence-electron chi connectivity index (χ2n) is 16.9. The number of ether oxygens (including phenoxy) is 3. The molecule has 0 heterocycles. The normalized spacial score (nSPS) is 11.4. The van der Waals surface area contributed by atoms with Crippen LogP contribution in [-0.4, -0.2) is 53.0 Å². The van der Waals surface area contributed by atoms with E-state index in [2.05, 4.69) is 62.3 Å². The molecular formula is C51H66O9. The largest absolute Gasteiger partial charge is 0.493 e. The Morgan fingerprint density at radius 1 is 0.433 bits per heavy atom. The first-order valence-corrected chi connectivity index (χ1v) is 21.7. The molecule has 0 unspecified atom stereocenters. The molecule has 0 aliphatic rings. The van der Waals surface area contributed by atoms with Crippen molar-refractivity contribution in [2.75, 3.05) is 19.8 Å². The van der Waals surface area contributed by atoms with Crippen LogP contribution in [-0.2, 0) is 38.5 Å². The van der Waals surface area contributed by atoms with Gasteiger partial charge >= 0.3 is 17.9 Å². The maximum atomic E-state index is 12.4. The average molecular weight is 823 g/mol. The van der Waals surface area contributed by atoms with Crippen molar-refractivity contribution >= 4 is 17.9 Å². The van der Waals surface area contributed by atoms with Crippen molar-refractivity contribution < 1.29 is 43.9 Å². The number of carboxylic acid groups (broad SMARTS) is 3. The standard InChI is InChI=1S/C51H66O9/c1-10-40-43(28-37-25-34(49(52)53)13-16-46(37)58-22-19-31(4)5)41(11-2)45(30-39-27-36(51(56)57)15-18-48(39)60-24-21-33(8)9)42(12-3)44(40)29-38-26-35(50(54)55)14-17-47(38)59-23-20-32(6)7/h13-18,25-27,31-33H,10-12,19-24,28-30H2,1-9H3,(H,52,53)(H,54,55)(H,56,57). The molecule has 9 nitrogen and oxygen atoms in total. The summed E-state index contributed by atoms with van der Waals surface area (Å²) in [5.74, 6) is 0.119. The summed E-state index contributed by atoms with van der Waals surface area (Å²) in [5.41, 5.74) is 9.33. The van der Waals surface area contributed by atoms with Crippen LogP contribution in [0.2, 0.25) is 0 Å². The molecule has 9 heteroatoms. The van der Waals surface area contributed by atoms with Crippen molar-refractivity contribution in [3.63, 3.8) is 0 Å². The Morgan fingerprint density at radius 2 is 0.683 bits per heavy atom. The van der Waals surface area contributed by atoms with Gasteiger partial charge in [0.05, 0.1) is 36.5 Å². The van der Waals surface area contributed by atoms with E-state index in [0.29, 0.717) is 93.3 Å². The van der Waals surface area contributed by atoms with Crippen LogP contribution in [0.4, 0.5) is 0 Å². The molecule has 0 saturated carbocycles. The van der Waals surface area contributed by atoms with Gasteiger partial charge < -0.3 is 29.5 Å². The Labute approximate surface area is 357 Å².